The van der Waals surface area contributed by atoms with E-state index < -0.39 is 5.60 Å². The van der Waals surface area contributed by atoms with Crippen LogP contribution in [0.5, 0.6) is 0 Å². The number of ether oxygens (including phenoxy) is 2. The third kappa shape index (κ3) is 3.84. The first kappa shape index (κ1) is 16.9. The molecule has 0 aliphatic carbocycles. The van der Waals surface area contributed by atoms with Crippen molar-refractivity contribution in [3.05, 3.63) is 15.1 Å². The smallest absolute Gasteiger partial charge is 0.163 e. The summed E-state index contributed by atoms with van der Waals surface area (Å²) in [6.07, 6.45) is 2.70. The number of halogens is 1. The Hall–Kier alpha value is -0.470. The first-order valence-corrected chi connectivity index (χ1v) is 8.71. The van der Waals surface area contributed by atoms with Crippen molar-refractivity contribution in [2.24, 2.45) is 0 Å². The van der Waals surface area contributed by atoms with Gasteiger partial charge in [0.15, 0.2) is 5.82 Å². The van der Waals surface area contributed by atoms with Crippen LogP contribution in [-0.4, -0.2) is 36.3 Å². The Morgan fingerprint density at radius 2 is 2.00 bits per heavy atom. The van der Waals surface area contributed by atoms with E-state index in [1.165, 1.54) is 0 Å². The number of nitrogens with zero attached hydrogens (tertiary/aromatic N) is 2. The molecule has 0 amide bonds. The highest BCUT2D eigenvalue weighted by Crippen LogP contribution is 2.35. The van der Waals surface area contributed by atoms with Crippen molar-refractivity contribution >= 4 is 28.4 Å². The average molecular weight is 405 g/mol. The van der Waals surface area contributed by atoms with Crippen LogP contribution >= 0.6 is 22.6 Å². The van der Waals surface area contributed by atoms with Crippen molar-refractivity contribution in [2.45, 2.75) is 45.6 Å². The minimum Gasteiger partial charge on any atom is -0.381 e. The number of hydrogen-bond donors (Lipinski definition) is 1. The molecule has 0 saturated carbocycles. The fourth-order valence-corrected chi connectivity index (χ4v) is 2.97. The lowest BCUT2D eigenvalue weighted by Crippen LogP contribution is -2.38. The third-order valence-corrected chi connectivity index (χ3v) is 4.98. The van der Waals surface area contributed by atoms with Crippen LogP contribution in [0.3, 0.4) is 0 Å². The van der Waals surface area contributed by atoms with Crippen molar-refractivity contribution in [3.63, 3.8) is 0 Å². The quantitative estimate of drug-likeness (QED) is 0.737. The van der Waals surface area contributed by atoms with Gasteiger partial charge in [-0.3, -0.25) is 0 Å². The Labute approximate surface area is 140 Å². The molecule has 0 radical (unpaired) electrons. The highest BCUT2D eigenvalue weighted by atomic mass is 127. The molecule has 0 aromatic carbocycles. The van der Waals surface area contributed by atoms with E-state index in [0.29, 0.717) is 19.8 Å². The van der Waals surface area contributed by atoms with Crippen molar-refractivity contribution in [3.8, 4) is 0 Å². The Morgan fingerprint density at radius 1 is 1.29 bits per heavy atom. The monoisotopic (exact) mass is 405 g/mol. The first-order valence-electron chi connectivity index (χ1n) is 7.63. The molecule has 6 heteroatoms. The molecule has 21 heavy (non-hydrogen) atoms. The van der Waals surface area contributed by atoms with Crippen LogP contribution in [0.25, 0.3) is 0 Å². The second-order valence-corrected chi connectivity index (χ2v) is 6.34. The van der Waals surface area contributed by atoms with Crippen molar-refractivity contribution in [1.82, 2.24) is 9.97 Å². The molecule has 1 aliphatic rings. The summed E-state index contributed by atoms with van der Waals surface area (Å²) in [6.45, 7) is 9.17. The number of hydrogen-bond acceptors (Lipinski definition) is 5. The maximum atomic E-state index is 6.08. The van der Waals surface area contributed by atoms with Gasteiger partial charge in [0.1, 0.15) is 11.4 Å². The fraction of sp³-hybridized carbons (Fsp3) is 0.733. The number of aryl methyl sites for hydroxylation is 1. The largest absolute Gasteiger partial charge is 0.381 e. The van der Waals surface area contributed by atoms with E-state index in [1.807, 2.05) is 13.8 Å². The Kier molecular flexibility index (Phi) is 6.19. The molecule has 1 N–H and O–H groups in total. The Balaban J connectivity index is 2.37. The zero-order chi connectivity index (χ0) is 15.3. The summed E-state index contributed by atoms with van der Waals surface area (Å²) in [6, 6.07) is 0. The maximum absolute atomic E-state index is 6.08. The van der Waals surface area contributed by atoms with Crippen LogP contribution in [0.1, 0.15) is 44.6 Å². The van der Waals surface area contributed by atoms with Crippen LogP contribution in [0.15, 0.2) is 0 Å². The number of rotatable bonds is 6. The van der Waals surface area contributed by atoms with Gasteiger partial charge in [0.05, 0.1) is 9.26 Å². The zero-order valence-corrected chi connectivity index (χ0v) is 15.2. The van der Waals surface area contributed by atoms with Crippen LogP contribution < -0.4 is 5.32 Å². The predicted molar refractivity (Wildman–Crippen MR) is 91.6 cm³/mol. The summed E-state index contributed by atoms with van der Waals surface area (Å²) in [5.41, 5.74) is 0.606. The van der Waals surface area contributed by atoms with Gasteiger partial charge < -0.3 is 14.8 Å². The lowest BCUT2D eigenvalue weighted by Gasteiger charge is -2.35. The molecule has 0 atom stereocenters. The summed E-state index contributed by atoms with van der Waals surface area (Å²) in [5, 5.41) is 3.40. The highest BCUT2D eigenvalue weighted by Gasteiger charge is 2.38. The SMILES string of the molecule is CCCNc1nc(C2(OCC)CCOCC2)nc(C)c1I. The van der Waals surface area contributed by atoms with E-state index in [0.717, 1.165) is 46.7 Å². The van der Waals surface area contributed by atoms with Gasteiger partial charge in [-0.25, -0.2) is 9.97 Å². The van der Waals surface area contributed by atoms with Gasteiger partial charge in [0.2, 0.25) is 0 Å². The third-order valence-electron chi connectivity index (χ3n) is 3.69. The van der Waals surface area contributed by atoms with Crippen LogP contribution in [-0.2, 0) is 15.1 Å². The minimum atomic E-state index is -0.398. The van der Waals surface area contributed by atoms with Crippen LogP contribution in [0.2, 0.25) is 0 Å². The molecule has 2 heterocycles. The van der Waals surface area contributed by atoms with Crippen molar-refractivity contribution in [2.75, 3.05) is 31.7 Å². The van der Waals surface area contributed by atoms with Gasteiger partial charge in [-0.2, -0.15) is 0 Å². The van der Waals surface area contributed by atoms with E-state index in [4.69, 9.17) is 19.4 Å². The molecule has 1 fully saturated rings. The second-order valence-electron chi connectivity index (χ2n) is 5.26. The van der Waals surface area contributed by atoms with Crippen LogP contribution in [0, 0.1) is 10.5 Å². The lowest BCUT2D eigenvalue weighted by molar-refractivity contribution is -0.117. The minimum absolute atomic E-state index is 0.398. The second kappa shape index (κ2) is 7.69. The summed E-state index contributed by atoms with van der Waals surface area (Å²) in [7, 11) is 0. The predicted octanol–water partition coefficient (Wildman–Crippen LogP) is 3.25. The molecule has 1 aliphatic heterocycles. The summed E-state index contributed by atoms with van der Waals surface area (Å²) < 4.78 is 12.7. The molecular weight excluding hydrogens is 381 g/mol. The zero-order valence-electron chi connectivity index (χ0n) is 13.0. The molecule has 5 nitrogen and oxygen atoms in total. The standard InChI is InChI=1S/C15H24IN3O2/c1-4-8-17-13-12(16)11(3)18-14(19-13)15(21-5-2)6-9-20-10-7-15/h4-10H2,1-3H3,(H,17,18,19). The Bertz CT molecular complexity index is 471. The van der Waals surface area contributed by atoms with Gasteiger partial charge in [-0.15, -0.1) is 0 Å². The molecule has 1 aromatic heterocycles. The number of anilines is 1. The lowest BCUT2D eigenvalue weighted by atomic mass is 9.92. The highest BCUT2D eigenvalue weighted by molar-refractivity contribution is 14.1. The van der Waals surface area contributed by atoms with E-state index in [9.17, 15) is 0 Å². The average Bonchev–Trinajstić information content (AvgIpc) is 2.50. The topological polar surface area (TPSA) is 56.3 Å². The van der Waals surface area contributed by atoms with E-state index in [2.05, 4.69) is 34.8 Å². The molecule has 1 saturated heterocycles. The molecule has 2 rings (SSSR count). The fourth-order valence-electron chi connectivity index (χ4n) is 2.53. The molecule has 118 valence electrons. The molecule has 0 bridgehead atoms. The molecule has 0 spiro atoms. The molecule has 0 unspecified atom stereocenters. The van der Waals surface area contributed by atoms with Crippen molar-refractivity contribution in [1.29, 1.82) is 0 Å². The summed E-state index contributed by atoms with van der Waals surface area (Å²) in [4.78, 5) is 9.49. The molecular formula is C15H24IN3O2. The van der Waals surface area contributed by atoms with Gasteiger partial charge >= 0.3 is 0 Å². The van der Waals surface area contributed by atoms with E-state index in [1.54, 1.807) is 0 Å². The number of nitrogens with one attached hydrogen (secondary N) is 1. The van der Waals surface area contributed by atoms with E-state index >= 15 is 0 Å². The first-order chi connectivity index (χ1) is 10.1. The van der Waals surface area contributed by atoms with Gasteiger partial charge in [0.25, 0.3) is 0 Å². The summed E-state index contributed by atoms with van der Waals surface area (Å²) >= 11 is 2.31. The van der Waals surface area contributed by atoms with E-state index in [-0.39, 0.29) is 0 Å². The van der Waals surface area contributed by atoms with Crippen LogP contribution in [0.4, 0.5) is 5.82 Å². The van der Waals surface area contributed by atoms with Crippen molar-refractivity contribution < 1.29 is 9.47 Å². The van der Waals surface area contributed by atoms with Gasteiger partial charge in [-0.05, 0) is 42.9 Å². The summed E-state index contributed by atoms with van der Waals surface area (Å²) in [5.74, 6) is 1.72. The maximum Gasteiger partial charge on any atom is 0.163 e. The Morgan fingerprint density at radius 3 is 2.62 bits per heavy atom. The van der Waals surface area contributed by atoms with Gasteiger partial charge in [-0.1, -0.05) is 6.92 Å². The van der Waals surface area contributed by atoms with Gasteiger partial charge in [0, 0.05) is 39.2 Å². The normalized spacial score (nSPS) is 17.7. The molecule has 1 aromatic rings. The number of aromatic nitrogens is 2.